The number of fused-ring (bicyclic) bond motifs is 3. The summed E-state index contributed by atoms with van der Waals surface area (Å²) in [5.74, 6) is 0. The molecule has 0 radical (unpaired) electrons. The molecule has 0 spiro atoms. The number of halogens is 1. The molecule has 4 rings (SSSR count). The summed E-state index contributed by atoms with van der Waals surface area (Å²) < 4.78 is 0. The van der Waals surface area contributed by atoms with E-state index in [0.29, 0.717) is 11.7 Å². The number of rotatable bonds is 2. The van der Waals surface area contributed by atoms with Crippen molar-refractivity contribution in [3.63, 3.8) is 0 Å². The maximum atomic E-state index is 6.07. The van der Waals surface area contributed by atoms with Gasteiger partial charge in [0.1, 0.15) is 5.15 Å². The average molecular weight is 303 g/mol. The second kappa shape index (κ2) is 4.57. The molecule has 5 heteroatoms. The fourth-order valence-electron chi connectivity index (χ4n) is 3.78. The highest BCUT2D eigenvalue weighted by Gasteiger charge is 2.43. The summed E-state index contributed by atoms with van der Waals surface area (Å²) in [6, 6.07) is 4.28. The Hall–Kier alpha value is -1.36. The Bertz CT molecular complexity index is 700. The minimum Gasteiger partial charge on any atom is -0.358 e. The predicted octanol–water partition coefficient (Wildman–Crippen LogP) is 1.97. The Labute approximate surface area is 129 Å². The summed E-state index contributed by atoms with van der Waals surface area (Å²) in [4.78, 5) is 10.1. The maximum Gasteiger partial charge on any atom is 0.129 e. The van der Waals surface area contributed by atoms with Crippen LogP contribution in [0.25, 0.3) is 11.3 Å². The molecule has 1 saturated heterocycles. The number of aromatic amines is 1. The Morgan fingerprint density at radius 1 is 1.33 bits per heavy atom. The maximum absolute atomic E-state index is 6.07. The molecular formula is C16H19ClN4. The first-order valence-electron chi connectivity index (χ1n) is 7.37. The molecule has 2 aromatic rings. The Kier molecular flexibility index (Phi) is 2.89. The van der Waals surface area contributed by atoms with Crippen molar-refractivity contribution in [3.8, 4) is 11.3 Å². The second-order valence-electron chi connectivity index (χ2n) is 6.40. The van der Waals surface area contributed by atoms with Gasteiger partial charge in [-0.3, -0.25) is 0 Å². The average Bonchev–Trinajstić information content (AvgIpc) is 2.88. The molecule has 3 heterocycles. The van der Waals surface area contributed by atoms with Gasteiger partial charge in [-0.2, -0.15) is 0 Å². The summed E-state index contributed by atoms with van der Waals surface area (Å²) in [6.07, 6.45) is 3.98. The molecule has 0 bridgehead atoms. The lowest BCUT2D eigenvalue weighted by atomic mass is 9.77. The van der Waals surface area contributed by atoms with Crippen LogP contribution in [0.5, 0.6) is 0 Å². The van der Waals surface area contributed by atoms with E-state index in [-0.39, 0.29) is 5.41 Å². The molecule has 1 fully saturated rings. The molecule has 0 amide bonds. The van der Waals surface area contributed by atoms with Crippen LogP contribution in [0.3, 0.4) is 0 Å². The van der Waals surface area contributed by atoms with Crippen LogP contribution < -0.4 is 5.73 Å². The standard InChI is InChI=1S/C16H19ClN4/c1-21-8-16(7-18,9-21)13-4-10-2-3-11-6-19-14(17)5-12(11)15(10)20-13/h4-6,20H,2-3,7-9,18H2,1H3. The van der Waals surface area contributed by atoms with Crippen LogP contribution in [-0.4, -0.2) is 41.5 Å². The van der Waals surface area contributed by atoms with E-state index < -0.39 is 0 Å². The van der Waals surface area contributed by atoms with E-state index in [9.17, 15) is 0 Å². The lowest BCUT2D eigenvalue weighted by Gasteiger charge is -2.47. The highest BCUT2D eigenvalue weighted by molar-refractivity contribution is 6.29. The van der Waals surface area contributed by atoms with Crippen molar-refractivity contribution < 1.29 is 0 Å². The summed E-state index contributed by atoms with van der Waals surface area (Å²) in [6.45, 7) is 2.72. The summed E-state index contributed by atoms with van der Waals surface area (Å²) in [5, 5.41) is 0.551. The number of likely N-dealkylation sites (N-methyl/N-ethyl adjacent to an activating group) is 1. The molecular weight excluding hydrogens is 284 g/mol. The van der Waals surface area contributed by atoms with Gasteiger partial charge in [0, 0.05) is 48.2 Å². The van der Waals surface area contributed by atoms with E-state index in [1.165, 1.54) is 28.1 Å². The topological polar surface area (TPSA) is 57.9 Å². The van der Waals surface area contributed by atoms with Crippen molar-refractivity contribution in [2.45, 2.75) is 18.3 Å². The number of pyridine rings is 1. The summed E-state index contributed by atoms with van der Waals surface area (Å²) >= 11 is 6.07. The molecule has 1 aliphatic heterocycles. The lowest BCUT2D eigenvalue weighted by molar-refractivity contribution is 0.0970. The van der Waals surface area contributed by atoms with Crippen molar-refractivity contribution in [1.29, 1.82) is 0 Å². The third kappa shape index (κ3) is 1.94. The molecule has 21 heavy (non-hydrogen) atoms. The number of aromatic nitrogens is 2. The summed E-state index contributed by atoms with van der Waals surface area (Å²) in [5.41, 5.74) is 12.5. The first-order chi connectivity index (χ1) is 10.1. The van der Waals surface area contributed by atoms with Crippen molar-refractivity contribution in [2.75, 3.05) is 26.7 Å². The predicted molar refractivity (Wildman–Crippen MR) is 84.7 cm³/mol. The van der Waals surface area contributed by atoms with Crippen molar-refractivity contribution >= 4 is 11.6 Å². The minimum atomic E-state index is 0.0864. The molecule has 0 atom stereocenters. The third-order valence-electron chi connectivity index (χ3n) is 4.89. The van der Waals surface area contributed by atoms with Gasteiger partial charge in [-0.1, -0.05) is 11.6 Å². The normalized spacial score (nSPS) is 19.8. The SMILES string of the molecule is CN1CC(CN)(c2cc3c([nH]2)-c2cc(Cl)ncc2CC3)C1. The van der Waals surface area contributed by atoms with Crippen LogP contribution in [0.4, 0.5) is 0 Å². The third-order valence-corrected chi connectivity index (χ3v) is 5.10. The van der Waals surface area contributed by atoms with E-state index in [0.717, 1.165) is 25.9 Å². The smallest absolute Gasteiger partial charge is 0.129 e. The number of nitrogens with one attached hydrogen (secondary N) is 1. The van der Waals surface area contributed by atoms with Crippen LogP contribution in [0.2, 0.25) is 5.15 Å². The monoisotopic (exact) mass is 302 g/mol. The first-order valence-corrected chi connectivity index (χ1v) is 7.75. The number of nitrogens with two attached hydrogens (primary N) is 1. The lowest BCUT2D eigenvalue weighted by Crippen LogP contribution is -2.61. The molecule has 110 valence electrons. The Morgan fingerprint density at radius 3 is 2.81 bits per heavy atom. The van der Waals surface area contributed by atoms with Crippen molar-refractivity contribution in [2.24, 2.45) is 5.73 Å². The Balaban J connectivity index is 1.80. The van der Waals surface area contributed by atoms with Gasteiger partial charge in [0.2, 0.25) is 0 Å². The zero-order chi connectivity index (χ0) is 14.6. The number of aryl methyl sites for hydroxylation is 2. The Morgan fingerprint density at radius 2 is 2.10 bits per heavy atom. The molecule has 4 nitrogen and oxygen atoms in total. The van der Waals surface area contributed by atoms with Crippen LogP contribution in [0.15, 0.2) is 18.3 Å². The molecule has 3 N–H and O–H groups in total. The van der Waals surface area contributed by atoms with E-state index in [1.54, 1.807) is 0 Å². The van der Waals surface area contributed by atoms with Crippen molar-refractivity contribution in [3.05, 3.63) is 40.3 Å². The number of likely N-dealkylation sites (tertiary alicyclic amines) is 1. The van der Waals surface area contributed by atoms with Crippen molar-refractivity contribution in [1.82, 2.24) is 14.9 Å². The van der Waals surface area contributed by atoms with Crippen LogP contribution in [0.1, 0.15) is 16.8 Å². The van der Waals surface area contributed by atoms with Gasteiger partial charge in [-0.05, 0) is 43.1 Å². The highest BCUT2D eigenvalue weighted by atomic mass is 35.5. The van der Waals surface area contributed by atoms with Crippen LogP contribution in [0, 0.1) is 0 Å². The zero-order valence-electron chi connectivity index (χ0n) is 12.1. The number of nitrogens with zero attached hydrogens (tertiary/aromatic N) is 2. The van der Waals surface area contributed by atoms with E-state index in [4.69, 9.17) is 17.3 Å². The summed E-state index contributed by atoms with van der Waals surface area (Å²) in [7, 11) is 2.14. The van der Waals surface area contributed by atoms with Crippen LogP contribution >= 0.6 is 11.6 Å². The first kappa shape index (κ1) is 13.3. The van der Waals surface area contributed by atoms with E-state index in [2.05, 4.69) is 28.0 Å². The van der Waals surface area contributed by atoms with Gasteiger partial charge < -0.3 is 15.6 Å². The fourth-order valence-corrected chi connectivity index (χ4v) is 3.93. The number of hydrogen-bond donors (Lipinski definition) is 2. The molecule has 1 aliphatic carbocycles. The quantitative estimate of drug-likeness (QED) is 0.834. The second-order valence-corrected chi connectivity index (χ2v) is 6.79. The minimum absolute atomic E-state index is 0.0864. The van der Waals surface area contributed by atoms with Gasteiger partial charge in [0.05, 0.1) is 0 Å². The van der Waals surface area contributed by atoms with E-state index in [1.807, 2.05) is 12.3 Å². The van der Waals surface area contributed by atoms with Gasteiger partial charge in [-0.15, -0.1) is 0 Å². The largest absolute Gasteiger partial charge is 0.358 e. The number of H-pyrrole nitrogens is 1. The molecule has 2 aliphatic rings. The highest BCUT2D eigenvalue weighted by Crippen LogP contribution is 2.39. The molecule has 0 saturated carbocycles. The van der Waals surface area contributed by atoms with Gasteiger partial charge in [0.25, 0.3) is 0 Å². The fraction of sp³-hybridized carbons (Fsp3) is 0.438. The zero-order valence-corrected chi connectivity index (χ0v) is 12.9. The van der Waals surface area contributed by atoms with Crippen LogP contribution in [-0.2, 0) is 18.3 Å². The molecule has 0 unspecified atom stereocenters. The molecule has 2 aromatic heterocycles. The van der Waals surface area contributed by atoms with Gasteiger partial charge >= 0.3 is 0 Å². The van der Waals surface area contributed by atoms with Gasteiger partial charge in [0.15, 0.2) is 0 Å². The number of hydrogen-bond acceptors (Lipinski definition) is 3. The van der Waals surface area contributed by atoms with Gasteiger partial charge in [-0.25, -0.2) is 4.98 Å². The molecule has 0 aromatic carbocycles. The van der Waals surface area contributed by atoms with E-state index >= 15 is 0 Å².